The van der Waals surface area contributed by atoms with Gasteiger partial charge >= 0.3 is 12.1 Å². The molecule has 5 nitrogen and oxygen atoms in total. The van der Waals surface area contributed by atoms with Crippen molar-refractivity contribution in [2.24, 2.45) is 5.92 Å². The average Bonchev–Trinajstić information content (AvgIpc) is 2.70. The molecule has 0 spiro atoms. The van der Waals surface area contributed by atoms with E-state index in [-0.39, 0.29) is 17.6 Å². The summed E-state index contributed by atoms with van der Waals surface area (Å²) in [6.07, 6.45) is 2.39. The van der Waals surface area contributed by atoms with Crippen LogP contribution in [0, 0.1) is 17.6 Å². The zero-order valence-corrected chi connectivity index (χ0v) is 15.9. The highest BCUT2D eigenvalue weighted by molar-refractivity contribution is 5.91. The summed E-state index contributed by atoms with van der Waals surface area (Å²) in [5.41, 5.74) is 0.911. The molecule has 29 heavy (non-hydrogen) atoms. The lowest BCUT2D eigenvalue weighted by molar-refractivity contribution is -0.136. The van der Waals surface area contributed by atoms with Crippen LogP contribution < -0.4 is 4.74 Å². The summed E-state index contributed by atoms with van der Waals surface area (Å²) in [5, 5.41) is 0. The lowest BCUT2D eigenvalue weighted by atomic mass is 9.89. The van der Waals surface area contributed by atoms with Crippen molar-refractivity contribution in [1.82, 2.24) is 4.90 Å². The Balaban J connectivity index is 1.87. The van der Waals surface area contributed by atoms with Crippen molar-refractivity contribution in [2.45, 2.75) is 13.3 Å². The highest BCUT2D eigenvalue weighted by Gasteiger charge is 2.30. The molecule has 0 aromatic heterocycles. The second-order valence-corrected chi connectivity index (χ2v) is 6.48. The smallest absolute Gasteiger partial charge is 0.423 e. The number of hydrogen-bond acceptors (Lipinski definition) is 4. The summed E-state index contributed by atoms with van der Waals surface area (Å²) in [6.45, 7) is 1.67. The average molecular weight is 399 g/mol. The van der Waals surface area contributed by atoms with Gasteiger partial charge in [0.05, 0.1) is 12.7 Å². The van der Waals surface area contributed by atoms with Crippen molar-refractivity contribution in [2.75, 3.05) is 7.11 Å². The Bertz CT molecular complexity index is 986. The monoisotopic (exact) mass is 399 g/mol. The van der Waals surface area contributed by atoms with Crippen LogP contribution in [0.3, 0.4) is 0 Å². The number of esters is 1. The lowest BCUT2D eigenvalue weighted by Gasteiger charge is -2.28. The highest BCUT2D eigenvalue weighted by atomic mass is 19.1. The van der Waals surface area contributed by atoms with Crippen LogP contribution >= 0.6 is 0 Å². The summed E-state index contributed by atoms with van der Waals surface area (Å²) >= 11 is 0. The van der Waals surface area contributed by atoms with Crippen LogP contribution in [-0.4, -0.2) is 24.1 Å². The summed E-state index contributed by atoms with van der Waals surface area (Å²) in [6, 6.07) is 11.8. The number of allylic oxidation sites excluding steroid dienone is 2. The third-order valence-electron chi connectivity index (χ3n) is 4.51. The Kier molecular flexibility index (Phi) is 6.07. The number of amides is 1. The first-order valence-corrected chi connectivity index (χ1v) is 8.87. The second-order valence-electron chi connectivity index (χ2n) is 6.48. The van der Waals surface area contributed by atoms with E-state index < -0.39 is 29.6 Å². The zero-order valence-electron chi connectivity index (χ0n) is 15.9. The number of halogens is 2. The largest absolute Gasteiger partial charge is 0.466 e. The molecule has 3 rings (SSSR count). The van der Waals surface area contributed by atoms with E-state index in [1.54, 1.807) is 43.3 Å². The summed E-state index contributed by atoms with van der Waals surface area (Å²) in [5.74, 6) is -2.23. The Morgan fingerprint density at radius 3 is 2.48 bits per heavy atom. The summed E-state index contributed by atoms with van der Waals surface area (Å²) in [7, 11) is 1.22. The minimum absolute atomic E-state index is 0.103. The van der Waals surface area contributed by atoms with Gasteiger partial charge in [-0.15, -0.1) is 0 Å². The molecule has 1 aliphatic heterocycles. The molecule has 150 valence electrons. The molecular formula is C22H19F2NO4. The van der Waals surface area contributed by atoms with E-state index in [0.717, 1.165) is 12.1 Å². The molecule has 1 amide bonds. The van der Waals surface area contributed by atoms with E-state index in [1.165, 1.54) is 24.3 Å². The molecule has 2 aromatic rings. The van der Waals surface area contributed by atoms with Crippen LogP contribution in [0.15, 0.2) is 72.1 Å². The Hall–Kier alpha value is -3.48. The Labute approximate surface area is 166 Å². The number of benzene rings is 2. The third kappa shape index (κ3) is 4.68. The quantitative estimate of drug-likeness (QED) is 0.705. The van der Waals surface area contributed by atoms with E-state index in [1.807, 2.05) is 0 Å². The van der Waals surface area contributed by atoms with E-state index >= 15 is 0 Å². The normalized spacial score (nSPS) is 16.0. The van der Waals surface area contributed by atoms with Gasteiger partial charge in [0.15, 0.2) is 0 Å². The predicted octanol–water partition coefficient (Wildman–Crippen LogP) is 4.60. The molecule has 0 aliphatic carbocycles. The molecule has 0 radical (unpaired) electrons. The van der Waals surface area contributed by atoms with Gasteiger partial charge in [-0.05, 0) is 37.1 Å². The van der Waals surface area contributed by atoms with Gasteiger partial charge in [0.25, 0.3) is 0 Å². The van der Waals surface area contributed by atoms with E-state index in [0.29, 0.717) is 11.4 Å². The minimum Gasteiger partial charge on any atom is -0.466 e. The maximum Gasteiger partial charge on any atom is 0.423 e. The van der Waals surface area contributed by atoms with E-state index in [2.05, 4.69) is 0 Å². The molecule has 0 N–H and O–H groups in total. The second kappa shape index (κ2) is 8.68. The van der Waals surface area contributed by atoms with Gasteiger partial charge < -0.3 is 9.47 Å². The predicted molar refractivity (Wildman–Crippen MR) is 102 cm³/mol. The van der Waals surface area contributed by atoms with Crippen LogP contribution in [0.1, 0.15) is 12.5 Å². The van der Waals surface area contributed by atoms with Gasteiger partial charge in [-0.25, -0.2) is 18.4 Å². The molecule has 2 aromatic carbocycles. The fourth-order valence-corrected chi connectivity index (χ4v) is 3.05. The molecule has 0 unspecified atom stereocenters. The van der Waals surface area contributed by atoms with Gasteiger partial charge in [-0.3, -0.25) is 4.90 Å². The standard InChI is InChI=1S/C22H19F2NO4/c1-14-10-16(11-15-8-9-17(23)12-20(15)24)19(21(26)28-2)13-25(14)22(27)29-18-6-4-3-5-7-18/h3-10,12-13,16H,11H2,1-2H3/t16-/m1/s1. The van der Waals surface area contributed by atoms with Gasteiger partial charge in [0, 0.05) is 23.9 Å². The van der Waals surface area contributed by atoms with Crippen molar-refractivity contribution >= 4 is 12.1 Å². The topological polar surface area (TPSA) is 55.8 Å². The van der Waals surface area contributed by atoms with E-state index in [9.17, 15) is 18.4 Å². The number of para-hydroxylation sites is 1. The van der Waals surface area contributed by atoms with Crippen LogP contribution in [0.2, 0.25) is 0 Å². The first-order valence-electron chi connectivity index (χ1n) is 8.87. The summed E-state index contributed by atoms with van der Waals surface area (Å²) in [4.78, 5) is 26.0. The molecule has 0 bridgehead atoms. The number of rotatable bonds is 4. The molecule has 1 atom stereocenters. The molecule has 7 heteroatoms. The van der Waals surface area contributed by atoms with Crippen LogP contribution in [0.25, 0.3) is 0 Å². The Morgan fingerprint density at radius 1 is 1.10 bits per heavy atom. The van der Waals surface area contributed by atoms with Crippen molar-refractivity contribution < 1.29 is 27.8 Å². The third-order valence-corrected chi connectivity index (χ3v) is 4.51. The maximum atomic E-state index is 14.1. The van der Waals surface area contributed by atoms with Crippen LogP contribution in [0.4, 0.5) is 13.6 Å². The van der Waals surface area contributed by atoms with Crippen LogP contribution in [0.5, 0.6) is 5.75 Å². The molecule has 0 saturated heterocycles. The number of nitrogens with zero attached hydrogens (tertiary/aromatic N) is 1. The fraction of sp³-hybridized carbons (Fsp3) is 0.182. The fourth-order valence-electron chi connectivity index (χ4n) is 3.05. The summed E-state index contributed by atoms with van der Waals surface area (Å²) < 4.78 is 37.4. The van der Waals surface area contributed by atoms with Crippen molar-refractivity contribution in [3.05, 3.63) is 89.3 Å². The minimum atomic E-state index is -0.703. The van der Waals surface area contributed by atoms with Gasteiger partial charge in [-0.2, -0.15) is 0 Å². The number of carbonyl (C=O) groups is 2. The lowest BCUT2D eigenvalue weighted by Crippen LogP contribution is -2.33. The molecule has 0 saturated carbocycles. The number of hydrogen-bond donors (Lipinski definition) is 0. The number of methoxy groups -OCH3 is 1. The van der Waals surface area contributed by atoms with Crippen molar-refractivity contribution in [1.29, 1.82) is 0 Å². The number of ether oxygens (including phenoxy) is 2. The van der Waals surface area contributed by atoms with Crippen molar-refractivity contribution in [3.8, 4) is 5.75 Å². The van der Waals surface area contributed by atoms with Crippen LogP contribution in [-0.2, 0) is 16.0 Å². The van der Waals surface area contributed by atoms with Gasteiger partial charge in [0.2, 0.25) is 0 Å². The van der Waals surface area contributed by atoms with E-state index in [4.69, 9.17) is 9.47 Å². The van der Waals surface area contributed by atoms with Gasteiger partial charge in [-0.1, -0.05) is 30.3 Å². The first kappa shape index (κ1) is 20.3. The zero-order chi connectivity index (χ0) is 21.0. The van der Waals surface area contributed by atoms with Crippen molar-refractivity contribution in [3.63, 3.8) is 0 Å². The first-order chi connectivity index (χ1) is 13.9. The molecule has 0 fully saturated rings. The molecular weight excluding hydrogens is 380 g/mol. The number of carbonyl (C=O) groups excluding carboxylic acids is 2. The molecule has 1 heterocycles. The SMILES string of the molecule is COC(=O)C1=CN(C(=O)Oc2ccccc2)C(C)=C[C@@H]1Cc1ccc(F)cc1F. The highest BCUT2D eigenvalue weighted by Crippen LogP contribution is 2.29. The van der Waals surface area contributed by atoms with Gasteiger partial charge in [0.1, 0.15) is 17.4 Å². The maximum absolute atomic E-state index is 14.1. The molecule has 1 aliphatic rings. The Morgan fingerprint density at radius 2 is 1.83 bits per heavy atom.